The zero-order valence-electron chi connectivity index (χ0n) is 18.6. The predicted molar refractivity (Wildman–Crippen MR) is 112 cm³/mol. The van der Waals surface area contributed by atoms with Crippen molar-refractivity contribution in [2.45, 2.75) is 77.5 Å². The number of nitrogens with two attached hydrogens (primary N) is 2. The van der Waals surface area contributed by atoms with Crippen molar-refractivity contribution in [1.29, 1.82) is 0 Å². The molecular formula is C20H35N5O6. The Balaban J connectivity index is 3.00. The molecule has 4 amide bonds. The van der Waals surface area contributed by atoms with Crippen molar-refractivity contribution in [2.24, 2.45) is 23.3 Å². The molecule has 11 nitrogen and oxygen atoms in total. The highest BCUT2D eigenvalue weighted by Gasteiger charge is 2.40. The molecule has 1 fully saturated rings. The molecule has 0 saturated carbocycles. The minimum Gasteiger partial charge on any atom is -0.480 e. The Kier molecular flexibility index (Phi) is 9.89. The fourth-order valence-electron chi connectivity index (χ4n) is 3.39. The number of carboxylic acids is 1. The molecule has 1 rings (SSSR count). The third kappa shape index (κ3) is 7.20. The first-order valence-electron chi connectivity index (χ1n) is 10.6. The lowest BCUT2D eigenvalue weighted by atomic mass is 9.96. The number of nitrogens with one attached hydrogen (secondary N) is 2. The Bertz CT molecular complexity index is 698. The number of amides is 4. The van der Waals surface area contributed by atoms with E-state index in [1.54, 1.807) is 13.8 Å². The summed E-state index contributed by atoms with van der Waals surface area (Å²) < 4.78 is 0. The number of hydrogen-bond acceptors (Lipinski definition) is 6. The van der Waals surface area contributed by atoms with Crippen LogP contribution in [0.2, 0.25) is 0 Å². The molecule has 1 heterocycles. The van der Waals surface area contributed by atoms with Crippen molar-refractivity contribution in [2.75, 3.05) is 6.54 Å². The monoisotopic (exact) mass is 441 g/mol. The largest absolute Gasteiger partial charge is 0.480 e. The minimum atomic E-state index is -1.48. The summed E-state index contributed by atoms with van der Waals surface area (Å²) >= 11 is 0. The molecule has 1 aliphatic rings. The van der Waals surface area contributed by atoms with Gasteiger partial charge in [-0.05, 0) is 24.7 Å². The fourth-order valence-corrected chi connectivity index (χ4v) is 3.39. The van der Waals surface area contributed by atoms with Gasteiger partial charge in [0.15, 0.2) is 0 Å². The lowest BCUT2D eigenvalue weighted by Crippen LogP contribution is -2.59. The summed E-state index contributed by atoms with van der Waals surface area (Å²) in [6, 6.07) is -4.01. The van der Waals surface area contributed by atoms with Crippen LogP contribution in [0.15, 0.2) is 0 Å². The molecule has 1 saturated heterocycles. The quantitative estimate of drug-likeness (QED) is 0.270. The summed E-state index contributed by atoms with van der Waals surface area (Å²) in [6.07, 6.45) is 0.940. The first kappa shape index (κ1) is 26.3. The number of likely N-dealkylation sites (tertiary alicyclic amines) is 1. The second kappa shape index (κ2) is 11.6. The predicted octanol–water partition coefficient (Wildman–Crippen LogP) is -1.06. The van der Waals surface area contributed by atoms with E-state index in [4.69, 9.17) is 11.5 Å². The number of primary amides is 1. The molecule has 176 valence electrons. The lowest BCUT2D eigenvalue weighted by Gasteiger charge is -2.32. The molecule has 0 spiro atoms. The van der Waals surface area contributed by atoms with E-state index in [-0.39, 0.29) is 11.8 Å². The van der Waals surface area contributed by atoms with Crippen LogP contribution >= 0.6 is 0 Å². The second-order valence-electron chi connectivity index (χ2n) is 8.40. The fraction of sp³-hybridized carbons (Fsp3) is 0.750. The summed E-state index contributed by atoms with van der Waals surface area (Å²) in [4.78, 5) is 62.2. The summed E-state index contributed by atoms with van der Waals surface area (Å²) in [5, 5.41) is 14.2. The number of aliphatic carboxylic acids is 1. The van der Waals surface area contributed by atoms with E-state index in [1.807, 2.05) is 13.8 Å². The average molecular weight is 442 g/mol. The lowest BCUT2D eigenvalue weighted by molar-refractivity contribution is -0.146. The molecule has 0 aromatic rings. The van der Waals surface area contributed by atoms with E-state index in [2.05, 4.69) is 10.6 Å². The van der Waals surface area contributed by atoms with Crippen LogP contribution in [-0.2, 0) is 24.0 Å². The Morgan fingerprint density at radius 1 is 1.13 bits per heavy atom. The van der Waals surface area contributed by atoms with Crippen molar-refractivity contribution in [3.8, 4) is 0 Å². The molecule has 31 heavy (non-hydrogen) atoms. The van der Waals surface area contributed by atoms with Crippen LogP contribution in [0.4, 0.5) is 0 Å². The van der Waals surface area contributed by atoms with Gasteiger partial charge in [0.05, 0.1) is 12.5 Å². The Labute approximate surface area is 182 Å². The molecule has 5 atom stereocenters. The normalized spacial score (nSPS) is 19.9. The highest BCUT2D eigenvalue weighted by molar-refractivity contribution is 5.95. The van der Waals surface area contributed by atoms with Gasteiger partial charge >= 0.3 is 5.97 Å². The van der Waals surface area contributed by atoms with Crippen LogP contribution in [-0.4, -0.2) is 70.3 Å². The first-order chi connectivity index (χ1) is 14.4. The van der Waals surface area contributed by atoms with E-state index in [0.717, 1.165) is 0 Å². The smallest absolute Gasteiger partial charge is 0.326 e. The summed E-state index contributed by atoms with van der Waals surface area (Å²) in [7, 11) is 0. The van der Waals surface area contributed by atoms with Gasteiger partial charge in [0.2, 0.25) is 23.6 Å². The number of rotatable bonds is 11. The van der Waals surface area contributed by atoms with Crippen LogP contribution in [0.5, 0.6) is 0 Å². The van der Waals surface area contributed by atoms with E-state index < -0.39 is 60.2 Å². The van der Waals surface area contributed by atoms with Crippen LogP contribution in [0.3, 0.4) is 0 Å². The Hall–Kier alpha value is -2.69. The molecule has 7 N–H and O–H groups in total. The van der Waals surface area contributed by atoms with E-state index in [0.29, 0.717) is 25.8 Å². The Morgan fingerprint density at radius 3 is 2.23 bits per heavy atom. The maximum absolute atomic E-state index is 13.3. The van der Waals surface area contributed by atoms with Gasteiger partial charge in [-0.15, -0.1) is 0 Å². The molecule has 0 radical (unpaired) electrons. The molecule has 0 aromatic carbocycles. The molecule has 0 aliphatic carbocycles. The molecular weight excluding hydrogens is 406 g/mol. The molecule has 5 unspecified atom stereocenters. The number of carbonyl (C=O) groups is 5. The van der Waals surface area contributed by atoms with Gasteiger partial charge < -0.3 is 32.1 Å². The molecule has 0 aromatic heterocycles. The maximum Gasteiger partial charge on any atom is 0.326 e. The van der Waals surface area contributed by atoms with Gasteiger partial charge in [-0.25, -0.2) is 4.79 Å². The van der Waals surface area contributed by atoms with Crippen molar-refractivity contribution in [3.63, 3.8) is 0 Å². The molecule has 0 bridgehead atoms. The van der Waals surface area contributed by atoms with E-state index in [1.165, 1.54) is 4.90 Å². The minimum absolute atomic E-state index is 0.115. The topological polar surface area (TPSA) is 185 Å². The van der Waals surface area contributed by atoms with Crippen molar-refractivity contribution in [1.82, 2.24) is 15.5 Å². The van der Waals surface area contributed by atoms with Gasteiger partial charge in [-0.1, -0.05) is 34.1 Å². The number of hydrogen-bond donors (Lipinski definition) is 5. The van der Waals surface area contributed by atoms with E-state index >= 15 is 0 Å². The second-order valence-corrected chi connectivity index (χ2v) is 8.40. The number of nitrogens with zero attached hydrogens (tertiary/aromatic N) is 1. The van der Waals surface area contributed by atoms with Crippen LogP contribution in [0.25, 0.3) is 0 Å². The van der Waals surface area contributed by atoms with Crippen molar-refractivity contribution < 1.29 is 29.1 Å². The summed E-state index contributed by atoms with van der Waals surface area (Å²) in [5.74, 6) is -4.12. The van der Waals surface area contributed by atoms with Gasteiger partial charge in [0.1, 0.15) is 18.1 Å². The van der Waals surface area contributed by atoms with Gasteiger partial charge in [0, 0.05) is 6.54 Å². The third-order valence-corrected chi connectivity index (χ3v) is 5.66. The molecule has 1 aliphatic heterocycles. The standard InChI is InChI=1S/C20H35N5O6/c1-5-11(4)16(24-18(28)15(22)10(2)3)19(29)25-8-6-7-13(25)17(27)23-12(20(30)31)9-14(21)26/h10-13,15-16H,5-9,22H2,1-4H3,(H2,21,26)(H,23,27)(H,24,28)(H,30,31). The highest BCUT2D eigenvalue weighted by atomic mass is 16.4. The number of carbonyl (C=O) groups excluding carboxylic acids is 4. The van der Waals surface area contributed by atoms with Crippen molar-refractivity contribution in [3.05, 3.63) is 0 Å². The Morgan fingerprint density at radius 2 is 1.74 bits per heavy atom. The summed E-state index contributed by atoms with van der Waals surface area (Å²) in [5.41, 5.74) is 11.0. The summed E-state index contributed by atoms with van der Waals surface area (Å²) in [6.45, 7) is 7.60. The van der Waals surface area contributed by atoms with Crippen LogP contribution in [0, 0.1) is 11.8 Å². The molecule has 11 heteroatoms. The van der Waals surface area contributed by atoms with Crippen molar-refractivity contribution >= 4 is 29.6 Å². The average Bonchev–Trinajstić information content (AvgIpc) is 3.19. The first-order valence-corrected chi connectivity index (χ1v) is 10.6. The third-order valence-electron chi connectivity index (χ3n) is 5.66. The van der Waals surface area contributed by atoms with Crippen LogP contribution in [0.1, 0.15) is 53.4 Å². The van der Waals surface area contributed by atoms with Gasteiger partial charge in [-0.3, -0.25) is 19.2 Å². The number of carboxylic acid groups (broad SMARTS) is 1. The maximum atomic E-state index is 13.3. The zero-order valence-corrected chi connectivity index (χ0v) is 18.6. The van der Waals surface area contributed by atoms with Gasteiger partial charge in [0.25, 0.3) is 0 Å². The van der Waals surface area contributed by atoms with Gasteiger partial charge in [-0.2, -0.15) is 0 Å². The van der Waals surface area contributed by atoms with Crippen LogP contribution < -0.4 is 22.1 Å². The highest BCUT2D eigenvalue weighted by Crippen LogP contribution is 2.22. The van der Waals surface area contributed by atoms with E-state index in [9.17, 15) is 29.1 Å². The SMILES string of the molecule is CCC(C)C(NC(=O)C(N)C(C)C)C(=O)N1CCCC1C(=O)NC(CC(N)=O)C(=O)O. The zero-order chi connectivity index (χ0) is 23.9.